The third-order valence-electron chi connectivity index (χ3n) is 1.87. The van der Waals surface area contributed by atoms with E-state index in [1.54, 1.807) is 7.05 Å². The molecule has 0 radical (unpaired) electrons. The normalized spacial score (nSPS) is 33.2. The van der Waals surface area contributed by atoms with Gasteiger partial charge in [0.05, 0.1) is 12.1 Å². The molecule has 3 nitrogen and oxygen atoms in total. The summed E-state index contributed by atoms with van der Waals surface area (Å²) in [6, 6.07) is -0.0648. The molecule has 0 aromatic carbocycles. The van der Waals surface area contributed by atoms with E-state index in [2.05, 4.69) is 5.32 Å². The van der Waals surface area contributed by atoms with Crippen LogP contribution in [-0.4, -0.2) is 31.6 Å². The predicted molar refractivity (Wildman–Crippen MR) is 37.9 cm³/mol. The van der Waals surface area contributed by atoms with Crippen molar-refractivity contribution in [3.05, 3.63) is 0 Å². The SMILES string of the molecule is CC[C@@H]1OCC(=O)C1NC. The summed E-state index contributed by atoms with van der Waals surface area (Å²) < 4.78 is 5.21. The summed E-state index contributed by atoms with van der Waals surface area (Å²) in [7, 11) is 1.79. The van der Waals surface area contributed by atoms with E-state index >= 15 is 0 Å². The second kappa shape index (κ2) is 3.12. The molecule has 1 fully saturated rings. The molecule has 0 bridgehead atoms. The Morgan fingerprint density at radius 1 is 1.80 bits per heavy atom. The van der Waals surface area contributed by atoms with Crippen molar-refractivity contribution >= 4 is 5.78 Å². The quantitative estimate of drug-likeness (QED) is 0.589. The van der Waals surface area contributed by atoms with Gasteiger partial charge in [-0.25, -0.2) is 0 Å². The van der Waals surface area contributed by atoms with Crippen LogP contribution in [0.15, 0.2) is 0 Å². The minimum atomic E-state index is -0.0648. The highest BCUT2D eigenvalue weighted by molar-refractivity contribution is 5.87. The smallest absolute Gasteiger partial charge is 0.177 e. The summed E-state index contributed by atoms with van der Waals surface area (Å²) in [5.74, 6) is 0.175. The van der Waals surface area contributed by atoms with Crippen LogP contribution in [-0.2, 0) is 9.53 Å². The highest BCUT2D eigenvalue weighted by atomic mass is 16.5. The topological polar surface area (TPSA) is 38.3 Å². The number of hydrogen-bond acceptors (Lipinski definition) is 3. The van der Waals surface area contributed by atoms with Crippen molar-refractivity contribution in [2.45, 2.75) is 25.5 Å². The second-order valence-corrected chi connectivity index (χ2v) is 2.49. The zero-order valence-corrected chi connectivity index (χ0v) is 6.39. The molecular formula is C7H13NO2. The van der Waals surface area contributed by atoms with Gasteiger partial charge in [0.1, 0.15) is 6.61 Å². The summed E-state index contributed by atoms with van der Waals surface area (Å²) in [6.07, 6.45) is 0.995. The Labute approximate surface area is 60.7 Å². The lowest BCUT2D eigenvalue weighted by Gasteiger charge is -2.13. The number of carbonyl (C=O) groups is 1. The number of rotatable bonds is 2. The Kier molecular flexibility index (Phi) is 2.40. The van der Waals surface area contributed by atoms with Crippen molar-refractivity contribution in [2.75, 3.05) is 13.7 Å². The first kappa shape index (κ1) is 7.69. The number of nitrogens with one attached hydrogen (secondary N) is 1. The predicted octanol–water partition coefficient (Wildman–Crippen LogP) is -0.0477. The standard InChI is InChI=1S/C7H13NO2/c1-3-6-7(8-2)5(9)4-10-6/h6-8H,3-4H2,1-2H3/t6-,7?/m0/s1. The number of likely N-dealkylation sites (N-methyl/N-ethyl adjacent to an activating group) is 1. The molecule has 0 spiro atoms. The van der Waals surface area contributed by atoms with E-state index in [9.17, 15) is 4.79 Å². The van der Waals surface area contributed by atoms with Gasteiger partial charge >= 0.3 is 0 Å². The average molecular weight is 143 g/mol. The Hall–Kier alpha value is -0.410. The van der Waals surface area contributed by atoms with E-state index in [4.69, 9.17) is 4.74 Å². The van der Waals surface area contributed by atoms with Gasteiger partial charge in [-0.1, -0.05) is 6.92 Å². The number of carbonyl (C=O) groups excluding carboxylic acids is 1. The largest absolute Gasteiger partial charge is 0.368 e. The van der Waals surface area contributed by atoms with Gasteiger partial charge in [-0.05, 0) is 13.5 Å². The monoisotopic (exact) mass is 143 g/mol. The molecule has 10 heavy (non-hydrogen) atoms. The first-order chi connectivity index (χ1) is 4.79. The van der Waals surface area contributed by atoms with Crippen LogP contribution in [0, 0.1) is 0 Å². The molecule has 1 saturated heterocycles. The highest BCUT2D eigenvalue weighted by Crippen LogP contribution is 2.12. The molecule has 1 rings (SSSR count). The second-order valence-electron chi connectivity index (χ2n) is 2.49. The van der Waals surface area contributed by atoms with Gasteiger partial charge in [0.15, 0.2) is 5.78 Å². The molecule has 0 saturated carbocycles. The lowest BCUT2D eigenvalue weighted by molar-refractivity contribution is -0.119. The zero-order chi connectivity index (χ0) is 7.56. The van der Waals surface area contributed by atoms with Crippen molar-refractivity contribution in [1.29, 1.82) is 0 Å². The molecule has 0 amide bonds. The summed E-state index contributed by atoms with van der Waals surface area (Å²) in [6.45, 7) is 2.30. The van der Waals surface area contributed by atoms with E-state index in [0.717, 1.165) is 6.42 Å². The van der Waals surface area contributed by atoms with Crippen molar-refractivity contribution in [3.8, 4) is 0 Å². The zero-order valence-electron chi connectivity index (χ0n) is 6.39. The van der Waals surface area contributed by atoms with Crippen molar-refractivity contribution in [3.63, 3.8) is 0 Å². The first-order valence-electron chi connectivity index (χ1n) is 3.61. The average Bonchev–Trinajstić information content (AvgIpc) is 2.30. The highest BCUT2D eigenvalue weighted by Gasteiger charge is 2.32. The van der Waals surface area contributed by atoms with Crippen LogP contribution in [0.25, 0.3) is 0 Å². The van der Waals surface area contributed by atoms with Crippen LogP contribution in [0.1, 0.15) is 13.3 Å². The third-order valence-corrected chi connectivity index (χ3v) is 1.87. The Morgan fingerprint density at radius 3 is 2.90 bits per heavy atom. The van der Waals surface area contributed by atoms with E-state index in [0.29, 0.717) is 0 Å². The number of Topliss-reactive ketones (excluding diaryl/α,β-unsaturated/α-hetero) is 1. The number of hydrogen-bond donors (Lipinski definition) is 1. The Balaban J connectivity index is 2.54. The molecule has 1 N–H and O–H groups in total. The van der Waals surface area contributed by atoms with Crippen LogP contribution in [0.4, 0.5) is 0 Å². The van der Waals surface area contributed by atoms with Gasteiger partial charge in [-0.3, -0.25) is 4.79 Å². The summed E-state index contributed by atoms with van der Waals surface area (Å²) in [5, 5.41) is 2.94. The fourth-order valence-electron chi connectivity index (χ4n) is 1.28. The molecule has 2 atom stereocenters. The molecule has 1 unspecified atom stereocenters. The molecule has 0 aromatic rings. The van der Waals surface area contributed by atoms with E-state index in [1.807, 2.05) is 6.92 Å². The van der Waals surface area contributed by atoms with Crippen LogP contribution in [0.3, 0.4) is 0 Å². The first-order valence-corrected chi connectivity index (χ1v) is 3.61. The van der Waals surface area contributed by atoms with Crippen molar-refractivity contribution in [2.24, 2.45) is 0 Å². The van der Waals surface area contributed by atoms with Gasteiger partial charge in [-0.2, -0.15) is 0 Å². The van der Waals surface area contributed by atoms with Gasteiger partial charge < -0.3 is 10.1 Å². The maximum absolute atomic E-state index is 11.0. The Bertz CT molecular complexity index is 136. The van der Waals surface area contributed by atoms with Crippen LogP contribution < -0.4 is 5.32 Å². The maximum Gasteiger partial charge on any atom is 0.177 e. The number of ketones is 1. The van der Waals surface area contributed by atoms with E-state index in [-0.39, 0.29) is 24.5 Å². The third kappa shape index (κ3) is 1.20. The van der Waals surface area contributed by atoms with Gasteiger partial charge in [0.2, 0.25) is 0 Å². The van der Waals surface area contributed by atoms with Gasteiger partial charge in [0.25, 0.3) is 0 Å². The van der Waals surface area contributed by atoms with Crippen LogP contribution >= 0.6 is 0 Å². The summed E-state index contributed by atoms with van der Waals surface area (Å²) in [4.78, 5) is 11.0. The van der Waals surface area contributed by atoms with Crippen molar-refractivity contribution in [1.82, 2.24) is 5.32 Å². The minimum Gasteiger partial charge on any atom is -0.368 e. The molecule has 58 valence electrons. The minimum absolute atomic E-state index is 0.0648. The summed E-state index contributed by atoms with van der Waals surface area (Å²) >= 11 is 0. The lowest BCUT2D eigenvalue weighted by atomic mass is 10.1. The van der Waals surface area contributed by atoms with Gasteiger partial charge in [-0.15, -0.1) is 0 Å². The summed E-state index contributed by atoms with van der Waals surface area (Å²) in [5.41, 5.74) is 0. The molecule has 3 heteroatoms. The molecule has 0 aliphatic carbocycles. The fraction of sp³-hybridized carbons (Fsp3) is 0.857. The molecule has 1 aliphatic heterocycles. The number of ether oxygens (including phenoxy) is 1. The molecular weight excluding hydrogens is 130 g/mol. The van der Waals surface area contributed by atoms with Gasteiger partial charge in [0, 0.05) is 0 Å². The molecule has 1 heterocycles. The van der Waals surface area contributed by atoms with Crippen LogP contribution in [0.2, 0.25) is 0 Å². The molecule has 1 aliphatic rings. The van der Waals surface area contributed by atoms with Crippen molar-refractivity contribution < 1.29 is 9.53 Å². The van der Waals surface area contributed by atoms with Crippen LogP contribution in [0.5, 0.6) is 0 Å². The van der Waals surface area contributed by atoms with E-state index in [1.165, 1.54) is 0 Å². The lowest BCUT2D eigenvalue weighted by Crippen LogP contribution is -2.38. The van der Waals surface area contributed by atoms with E-state index < -0.39 is 0 Å². The molecule has 0 aromatic heterocycles. The maximum atomic E-state index is 11.0. The fourth-order valence-corrected chi connectivity index (χ4v) is 1.28. The Morgan fingerprint density at radius 2 is 2.50 bits per heavy atom.